The SMILES string of the molecule is C#C[C@]1(O)CC[C@H]2[C@@H]3CCC4=CC(=O)CCC4=C3CC[C@@]21C(OC)c1ccccc1. The first-order chi connectivity index (χ1) is 14.5. The van der Waals surface area contributed by atoms with Crippen LogP contribution in [0.5, 0.6) is 0 Å². The van der Waals surface area contributed by atoms with Crippen molar-refractivity contribution in [3.63, 3.8) is 0 Å². The highest BCUT2D eigenvalue weighted by molar-refractivity contribution is 5.93. The van der Waals surface area contributed by atoms with Crippen molar-refractivity contribution < 1.29 is 14.6 Å². The van der Waals surface area contributed by atoms with Crippen LogP contribution in [-0.4, -0.2) is 23.6 Å². The Morgan fingerprint density at radius 1 is 1.13 bits per heavy atom. The molecular formula is C27H30O3. The largest absolute Gasteiger partial charge is 0.377 e. The van der Waals surface area contributed by atoms with Crippen LogP contribution in [0.2, 0.25) is 0 Å². The molecule has 3 heteroatoms. The molecular weight excluding hydrogens is 372 g/mol. The molecule has 2 saturated carbocycles. The van der Waals surface area contributed by atoms with Gasteiger partial charge in [0.05, 0.1) is 6.10 Å². The molecule has 0 aliphatic heterocycles. The van der Waals surface area contributed by atoms with E-state index in [4.69, 9.17) is 11.2 Å². The summed E-state index contributed by atoms with van der Waals surface area (Å²) in [4.78, 5) is 11.9. The van der Waals surface area contributed by atoms with Gasteiger partial charge in [-0.25, -0.2) is 0 Å². The number of hydrogen-bond acceptors (Lipinski definition) is 3. The van der Waals surface area contributed by atoms with Crippen LogP contribution in [0.25, 0.3) is 0 Å². The summed E-state index contributed by atoms with van der Waals surface area (Å²) < 4.78 is 6.15. The Labute approximate surface area is 179 Å². The van der Waals surface area contributed by atoms with E-state index in [9.17, 15) is 9.90 Å². The number of carbonyl (C=O) groups excluding carboxylic acids is 1. The fourth-order valence-corrected chi connectivity index (χ4v) is 7.32. The summed E-state index contributed by atoms with van der Waals surface area (Å²) in [5.74, 6) is 3.80. The predicted octanol–water partition coefficient (Wildman–Crippen LogP) is 4.92. The van der Waals surface area contributed by atoms with Crippen molar-refractivity contribution in [3.05, 3.63) is 58.7 Å². The Bertz CT molecular complexity index is 966. The van der Waals surface area contributed by atoms with E-state index in [0.29, 0.717) is 24.7 Å². The fraction of sp³-hybridized carbons (Fsp3) is 0.519. The van der Waals surface area contributed by atoms with Gasteiger partial charge in [0.2, 0.25) is 0 Å². The molecule has 0 bridgehead atoms. The van der Waals surface area contributed by atoms with E-state index in [1.54, 1.807) is 7.11 Å². The molecule has 0 amide bonds. The van der Waals surface area contributed by atoms with Gasteiger partial charge in [0.15, 0.2) is 5.78 Å². The highest BCUT2D eigenvalue weighted by Gasteiger charge is 2.66. The standard InChI is InChI=1S/C27H30O3/c1-3-26(29)15-14-24-23-11-9-19-17-20(28)10-12-21(19)22(23)13-16-27(24,26)25(30-2)18-7-5-4-6-8-18/h1,4-8,17,23-25,29H,9-16H2,2H3/t23-,24+,25?,26+,27+/m1/s1. The highest BCUT2D eigenvalue weighted by atomic mass is 16.5. The average molecular weight is 403 g/mol. The van der Waals surface area contributed by atoms with Crippen LogP contribution in [0, 0.1) is 29.6 Å². The van der Waals surface area contributed by atoms with Crippen LogP contribution in [0.4, 0.5) is 0 Å². The zero-order valence-electron chi connectivity index (χ0n) is 17.7. The second-order valence-electron chi connectivity index (χ2n) is 9.50. The summed E-state index contributed by atoms with van der Waals surface area (Å²) in [5.41, 5.74) is 3.67. The number of fused-ring (bicyclic) bond motifs is 4. The van der Waals surface area contributed by atoms with Gasteiger partial charge in [-0.15, -0.1) is 6.42 Å². The van der Waals surface area contributed by atoms with Crippen LogP contribution in [-0.2, 0) is 9.53 Å². The Balaban J connectivity index is 1.63. The maximum Gasteiger partial charge on any atom is 0.156 e. The first-order valence-electron chi connectivity index (χ1n) is 11.3. The van der Waals surface area contributed by atoms with Crippen molar-refractivity contribution in [3.8, 4) is 12.3 Å². The smallest absolute Gasteiger partial charge is 0.156 e. The molecule has 0 aromatic heterocycles. The second-order valence-corrected chi connectivity index (χ2v) is 9.50. The molecule has 1 aromatic rings. The third-order valence-electron chi connectivity index (χ3n) is 8.49. The minimum absolute atomic E-state index is 0.233. The summed E-state index contributed by atoms with van der Waals surface area (Å²) in [6.07, 6.45) is 14.5. The minimum atomic E-state index is -1.16. The van der Waals surface area contributed by atoms with Crippen molar-refractivity contribution in [2.45, 2.75) is 63.1 Å². The van der Waals surface area contributed by atoms with Gasteiger partial charge in [-0.1, -0.05) is 41.8 Å². The van der Waals surface area contributed by atoms with Crippen LogP contribution in [0.15, 0.2) is 53.1 Å². The minimum Gasteiger partial charge on any atom is -0.377 e. The van der Waals surface area contributed by atoms with Crippen molar-refractivity contribution in [2.24, 2.45) is 17.3 Å². The number of benzene rings is 1. The zero-order chi connectivity index (χ0) is 20.9. The number of hydrogen-bond donors (Lipinski definition) is 1. The van der Waals surface area contributed by atoms with E-state index in [-0.39, 0.29) is 11.9 Å². The van der Waals surface area contributed by atoms with Gasteiger partial charge in [0.1, 0.15) is 5.60 Å². The molecule has 0 spiro atoms. The number of terminal acetylenes is 1. The molecule has 2 fully saturated rings. The van der Waals surface area contributed by atoms with Crippen LogP contribution in [0.3, 0.4) is 0 Å². The highest BCUT2D eigenvalue weighted by Crippen LogP contribution is 2.68. The van der Waals surface area contributed by atoms with Crippen molar-refractivity contribution in [1.29, 1.82) is 0 Å². The molecule has 3 nitrogen and oxygen atoms in total. The normalized spacial score (nSPS) is 36.3. The molecule has 4 aliphatic carbocycles. The molecule has 30 heavy (non-hydrogen) atoms. The lowest BCUT2D eigenvalue weighted by atomic mass is 9.51. The molecule has 5 atom stereocenters. The molecule has 0 saturated heterocycles. The Kier molecular flexibility index (Phi) is 4.76. The number of rotatable bonds is 3. The first kappa shape index (κ1) is 19.8. The molecule has 0 radical (unpaired) electrons. The van der Waals surface area contributed by atoms with E-state index in [2.05, 4.69) is 18.1 Å². The van der Waals surface area contributed by atoms with E-state index in [1.807, 2.05) is 24.3 Å². The van der Waals surface area contributed by atoms with Gasteiger partial charge >= 0.3 is 0 Å². The molecule has 156 valence electrons. The van der Waals surface area contributed by atoms with Gasteiger partial charge in [-0.05, 0) is 79.6 Å². The van der Waals surface area contributed by atoms with Gasteiger partial charge in [0, 0.05) is 18.9 Å². The van der Waals surface area contributed by atoms with E-state index >= 15 is 0 Å². The maximum atomic E-state index is 11.9. The zero-order valence-corrected chi connectivity index (χ0v) is 17.7. The molecule has 0 heterocycles. The number of carbonyl (C=O) groups is 1. The lowest BCUT2D eigenvalue weighted by Crippen LogP contribution is -2.54. The quantitative estimate of drug-likeness (QED) is 0.730. The number of allylic oxidation sites excluding steroid dienone is 4. The van der Waals surface area contributed by atoms with Gasteiger partial charge in [0.25, 0.3) is 0 Å². The number of methoxy groups -OCH3 is 1. The Morgan fingerprint density at radius 2 is 1.93 bits per heavy atom. The second kappa shape index (κ2) is 7.22. The Morgan fingerprint density at radius 3 is 2.67 bits per heavy atom. The number of ether oxygens (including phenoxy) is 1. The third kappa shape index (κ3) is 2.63. The summed E-state index contributed by atoms with van der Waals surface area (Å²) in [6, 6.07) is 10.3. The van der Waals surface area contributed by atoms with Gasteiger partial charge in [-0.3, -0.25) is 4.79 Å². The lowest BCUT2D eigenvalue weighted by Gasteiger charge is -2.55. The number of ketones is 1. The molecule has 1 aromatic carbocycles. The predicted molar refractivity (Wildman–Crippen MR) is 116 cm³/mol. The van der Waals surface area contributed by atoms with Crippen molar-refractivity contribution in [2.75, 3.05) is 7.11 Å². The third-order valence-corrected chi connectivity index (χ3v) is 8.49. The fourth-order valence-electron chi connectivity index (χ4n) is 7.32. The lowest BCUT2D eigenvalue weighted by molar-refractivity contribution is -0.149. The van der Waals surface area contributed by atoms with Crippen molar-refractivity contribution >= 4 is 5.78 Å². The number of aliphatic hydroxyl groups is 1. The van der Waals surface area contributed by atoms with Gasteiger partial charge < -0.3 is 9.84 Å². The first-order valence-corrected chi connectivity index (χ1v) is 11.3. The van der Waals surface area contributed by atoms with E-state index in [0.717, 1.165) is 44.1 Å². The topological polar surface area (TPSA) is 46.5 Å². The van der Waals surface area contributed by atoms with E-state index in [1.165, 1.54) is 16.7 Å². The van der Waals surface area contributed by atoms with Crippen LogP contribution >= 0.6 is 0 Å². The monoisotopic (exact) mass is 402 g/mol. The maximum absolute atomic E-state index is 11.9. The van der Waals surface area contributed by atoms with E-state index < -0.39 is 11.0 Å². The summed E-state index contributed by atoms with van der Waals surface area (Å²) in [6.45, 7) is 0. The summed E-state index contributed by atoms with van der Waals surface area (Å²) >= 11 is 0. The summed E-state index contributed by atoms with van der Waals surface area (Å²) in [7, 11) is 1.75. The van der Waals surface area contributed by atoms with Crippen molar-refractivity contribution in [1.82, 2.24) is 0 Å². The average Bonchev–Trinajstić information content (AvgIpc) is 3.08. The summed E-state index contributed by atoms with van der Waals surface area (Å²) in [5, 5.41) is 11.8. The molecule has 1 N–H and O–H groups in total. The van der Waals surface area contributed by atoms with Crippen LogP contribution in [0.1, 0.15) is 63.0 Å². The molecule has 4 aliphatic rings. The molecule has 5 rings (SSSR count). The van der Waals surface area contributed by atoms with Gasteiger partial charge in [-0.2, -0.15) is 0 Å². The molecule has 1 unspecified atom stereocenters. The van der Waals surface area contributed by atoms with Crippen LogP contribution < -0.4 is 0 Å². The Hall–Kier alpha value is -2.15.